The van der Waals surface area contributed by atoms with Crippen molar-refractivity contribution in [3.63, 3.8) is 0 Å². The number of anilines is 1. The van der Waals surface area contributed by atoms with Gasteiger partial charge in [-0.1, -0.05) is 0 Å². The highest BCUT2D eigenvalue weighted by Crippen LogP contribution is 2.22. The third kappa shape index (κ3) is 3.65. The summed E-state index contributed by atoms with van der Waals surface area (Å²) in [5.41, 5.74) is 3.56. The van der Waals surface area contributed by atoms with Crippen molar-refractivity contribution >= 4 is 17.6 Å². The summed E-state index contributed by atoms with van der Waals surface area (Å²) in [5.74, 6) is 7.04. The Bertz CT molecular complexity index is 315. The van der Waals surface area contributed by atoms with E-state index in [0.717, 1.165) is 22.9 Å². The van der Waals surface area contributed by atoms with Crippen LogP contribution >= 0.6 is 11.8 Å². The Balaban J connectivity index is 2.61. The van der Waals surface area contributed by atoms with Gasteiger partial charge >= 0.3 is 0 Å². The van der Waals surface area contributed by atoms with Crippen LogP contribution in [0.15, 0.2) is 11.4 Å². The minimum Gasteiger partial charge on any atom is -0.309 e. The maximum absolute atomic E-state index is 5.34. The molecule has 1 aromatic rings. The van der Waals surface area contributed by atoms with Gasteiger partial charge in [-0.25, -0.2) is 15.8 Å². The van der Waals surface area contributed by atoms with Crippen molar-refractivity contribution in [1.29, 1.82) is 0 Å². The van der Waals surface area contributed by atoms with E-state index >= 15 is 0 Å². The summed E-state index contributed by atoms with van der Waals surface area (Å²) in [6.07, 6.45) is 1.53. The van der Waals surface area contributed by atoms with E-state index in [0.29, 0.717) is 5.82 Å². The molecule has 0 fully saturated rings. The molecule has 0 aromatic carbocycles. The molecule has 0 unspecified atom stereocenters. The molecule has 0 amide bonds. The van der Waals surface area contributed by atoms with E-state index in [1.54, 1.807) is 11.8 Å². The summed E-state index contributed by atoms with van der Waals surface area (Å²) < 4.78 is 0. The van der Waals surface area contributed by atoms with E-state index in [4.69, 9.17) is 5.84 Å². The van der Waals surface area contributed by atoms with Crippen molar-refractivity contribution in [3.05, 3.63) is 11.9 Å². The third-order valence-corrected chi connectivity index (χ3v) is 3.02. The van der Waals surface area contributed by atoms with Crippen LogP contribution in [0.25, 0.3) is 0 Å². The fourth-order valence-corrected chi connectivity index (χ4v) is 2.13. The second-order valence-electron chi connectivity index (χ2n) is 3.45. The van der Waals surface area contributed by atoms with E-state index in [2.05, 4.69) is 34.4 Å². The lowest BCUT2D eigenvalue weighted by molar-refractivity contribution is 0.437. The van der Waals surface area contributed by atoms with E-state index in [9.17, 15) is 0 Å². The number of thioether (sulfide) groups is 1. The van der Waals surface area contributed by atoms with Gasteiger partial charge < -0.3 is 10.3 Å². The zero-order valence-electron chi connectivity index (χ0n) is 9.32. The number of hydrogen-bond donors (Lipinski definition) is 2. The monoisotopic (exact) mass is 227 g/mol. The molecule has 0 saturated carbocycles. The Morgan fingerprint density at radius 2 is 2.20 bits per heavy atom. The van der Waals surface area contributed by atoms with Crippen LogP contribution < -0.4 is 11.3 Å². The van der Waals surface area contributed by atoms with Crippen molar-refractivity contribution in [2.75, 3.05) is 31.8 Å². The molecule has 6 heteroatoms. The highest BCUT2D eigenvalue weighted by molar-refractivity contribution is 7.99. The zero-order chi connectivity index (χ0) is 11.3. The first-order valence-electron chi connectivity index (χ1n) is 4.71. The van der Waals surface area contributed by atoms with Gasteiger partial charge in [0.2, 0.25) is 0 Å². The summed E-state index contributed by atoms with van der Waals surface area (Å²) in [6, 6.07) is 0. The van der Waals surface area contributed by atoms with Crippen LogP contribution in [0.1, 0.15) is 5.56 Å². The second-order valence-corrected chi connectivity index (χ2v) is 4.53. The maximum Gasteiger partial charge on any atom is 0.147 e. The van der Waals surface area contributed by atoms with Crippen molar-refractivity contribution in [3.8, 4) is 0 Å². The lowest BCUT2D eigenvalue weighted by Gasteiger charge is -2.10. The Hall–Kier alpha value is -0.850. The number of nitrogens with two attached hydrogens (primary N) is 1. The van der Waals surface area contributed by atoms with Gasteiger partial charge in [0, 0.05) is 17.9 Å². The van der Waals surface area contributed by atoms with Crippen LogP contribution in [-0.2, 0) is 0 Å². The average Bonchev–Trinajstić information content (AvgIpc) is 2.20. The molecule has 1 heterocycles. The molecule has 0 aliphatic rings. The SMILES string of the molecule is Cc1c(NN)ncnc1SCCN(C)C. The Labute approximate surface area is 94.4 Å². The van der Waals surface area contributed by atoms with Crippen molar-refractivity contribution in [2.45, 2.75) is 11.9 Å². The van der Waals surface area contributed by atoms with E-state index < -0.39 is 0 Å². The predicted octanol–water partition coefficient (Wildman–Crippen LogP) is 0.724. The molecule has 0 aliphatic heterocycles. The molecular formula is C9H17N5S. The fraction of sp³-hybridized carbons (Fsp3) is 0.556. The van der Waals surface area contributed by atoms with Crippen molar-refractivity contribution in [2.24, 2.45) is 5.84 Å². The fourth-order valence-electron chi connectivity index (χ4n) is 1.05. The molecule has 0 saturated heterocycles. The molecule has 0 bridgehead atoms. The summed E-state index contributed by atoms with van der Waals surface area (Å²) in [7, 11) is 4.11. The number of hydrogen-bond acceptors (Lipinski definition) is 6. The molecule has 1 rings (SSSR count). The Kier molecular flexibility index (Phi) is 4.80. The topological polar surface area (TPSA) is 67.1 Å². The van der Waals surface area contributed by atoms with E-state index in [1.165, 1.54) is 6.33 Å². The molecule has 5 nitrogen and oxygen atoms in total. The van der Waals surface area contributed by atoms with Gasteiger partial charge in [0.15, 0.2) is 0 Å². The second kappa shape index (κ2) is 5.89. The summed E-state index contributed by atoms with van der Waals surface area (Å²) in [6.45, 7) is 2.99. The van der Waals surface area contributed by atoms with Gasteiger partial charge in [-0.3, -0.25) is 0 Å². The van der Waals surface area contributed by atoms with Gasteiger partial charge in [0.25, 0.3) is 0 Å². The van der Waals surface area contributed by atoms with Gasteiger partial charge in [0.1, 0.15) is 17.2 Å². The Morgan fingerprint density at radius 3 is 2.80 bits per heavy atom. The first kappa shape index (κ1) is 12.2. The van der Waals surface area contributed by atoms with Crippen LogP contribution in [0.5, 0.6) is 0 Å². The van der Waals surface area contributed by atoms with Crippen LogP contribution in [0, 0.1) is 6.92 Å². The molecule has 3 N–H and O–H groups in total. The molecule has 15 heavy (non-hydrogen) atoms. The normalized spacial score (nSPS) is 10.7. The minimum atomic E-state index is 0.692. The lowest BCUT2D eigenvalue weighted by atomic mass is 10.3. The molecule has 0 atom stereocenters. The third-order valence-electron chi connectivity index (χ3n) is 1.95. The maximum atomic E-state index is 5.34. The lowest BCUT2D eigenvalue weighted by Crippen LogP contribution is -2.15. The number of rotatable bonds is 5. The number of nitrogens with zero attached hydrogens (tertiary/aromatic N) is 3. The number of hydrazine groups is 1. The number of nitrogens with one attached hydrogen (secondary N) is 1. The largest absolute Gasteiger partial charge is 0.309 e. The quantitative estimate of drug-likeness (QED) is 0.334. The summed E-state index contributed by atoms with van der Waals surface area (Å²) in [4.78, 5) is 10.4. The highest BCUT2D eigenvalue weighted by atomic mass is 32.2. The number of nitrogen functional groups attached to an aromatic ring is 1. The van der Waals surface area contributed by atoms with Gasteiger partial charge in [-0.15, -0.1) is 11.8 Å². The molecular weight excluding hydrogens is 210 g/mol. The summed E-state index contributed by atoms with van der Waals surface area (Å²) >= 11 is 1.72. The first-order valence-corrected chi connectivity index (χ1v) is 5.69. The van der Waals surface area contributed by atoms with Gasteiger partial charge in [-0.2, -0.15) is 0 Å². The van der Waals surface area contributed by atoms with Crippen LogP contribution in [0.4, 0.5) is 5.82 Å². The van der Waals surface area contributed by atoms with Crippen LogP contribution in [-0.4, -0.2) is 41.3 Å². The van der Waals surface area contributed by atoms with Gasteiger partial charge in [-0.05, 0) is 21.0 Å². The number of aromatic nitrogens is 2. The smallest absolute Gasteiger partial charge is 0.147 e. The molecule has 84 valence electrons. The van der Waals surface area contributed by atoms with Crippen molar-refractivity contribution in [1.82, 2.24) is 14.9 Å². The highest BCUT2D eigenvalue weighted by Gasteiger charge is 2.06. The first-order chi connectivity index (χ1) is 7.15. The van der Waals surface area contributed by atoms with Gasteiger partial charge in [0.05, 0.1) is 0 Å². The van der Waals surface area contributed by atoms with Crippen LogP contribution in [0.2, 0.25) is 0 Å². The zero-order valence-corrected chi connectivity index (χ0v) is 10.1. The molecule has 0 radical (unpaired) electrons. The van der Waals surface area contributed by atoms with E-state index in [-0.39, 0.29) is 0 Å². The average molecular weight is 227 g/mol. The Morgan fingerprint density at radius 1 is 1.47 bits per heavy atom. The summed E-state index contributed by atoms with van der Waals surface area (Å²) in [5, 5.41) is 0.986. The molecule has 1 aromatic heterocycles. The standard InChI is InChI=1S/C9H17N5S/c1-7-8(13-10)11-6-12-9(7)15-5-4-14(2)3/h6H,4-5,10H2,1-3H3,(H,11,12,13). The predicted molar refractivity (Wildman–Crippen MR) is 63.9 cm³/mol. The minimum absolute atomic E-state index is 0.692. The van der Waals surface area contributed by atoms with Crippen LogP contribution in [0.3, 0.4) is 0 Å². The van der Waals surface area contributed by atoms with Crippen molar-refractivity contribution < 1.29 is 0 Å². The van der Waals surface area contributed by atoms with E-state index in [1.807, 2.05) is 6.92 Å². The molecule has 0 aliphatic carbocycles. The molecule has 0 spiro atoms.